The first-order valence-corrected chi connectivity index (χ1v) is 8.65. The summed E-state index contributed by atoms with van der Waals surface area (Å²) >= 11 is 3.49. The van der Waals surface area contributed by atoms with E-state index >= 15 is 0 Å². The predicted molar refractivity (Wildman–Crippen MR) is 78.7 cm³/mol. The number of nitrogens with zero attached hydrogens (tertiary/aromatic N) is 2. The van der Waals surface area contributed by atoms with Crippen LogP contribution in [0.25, 0.3) is 0 Å². The molecule has 7 heteroatoms. The van der Waals surface area contributed by atoms with Crippen LogP contribution in [0.3, 0.4) is 0 Å². The van der Waals surface area contributed by atoms with Gasteiger partial charge in [-0.1, -0.05) is 6.07 Å². The van der Waals surface area contributed by atoms with Gasteiger partial charge in [0.15, 0.2) is 0 Å². The molecule has 0 spiro atoms. The molecule has 0 radical (unpaired) electrons. The van der Waals surface area contributed by atoms with Gasteiger partial charge in [0.2, 0.25) is 10.0 Å². The Morgan fingerprint density at radius 3 is 2.37 bits per heavy atom. The molecule has 1 N–H and O–H groups in total. The van der Waals surface area contributed by atoms with Crippen LogP contribution in [0.5, 0.6) is 0 Å². The van der Waals surface area contributed by atoms with E-state index in [1.807, 2.05) is 18.2 Å². The molecule has 1 aromatic rings. The molecule has 1 fully saturated rings. The first-order valence-electron chi connectivity index (χ1n) is 6.01. The van der Waals surface area contributed by atoms with Crippen LogP contribution in [0, 0.1) is 0 Å². The Labute approximate surface area is 122 Å². The molecule has 1 aliphatic rings. The molecule has 0 saturated carbocycles. The fourth-order valence-corrected chi connectivity index (χ4v) is 3.67. The van der Waals surface area contributed by atoms with Crippen LogP contribution in [-0.4, -0.2) is 50.3 Å². The first-order chi connectivity index (χ1) is 8.91. The lowest BCUT2D eigenvalue weighted by molar-refractivity contribution is 0.282. The zero-order valence-corrected chi connectivity index (χ0v) is 13.1. The van der Waals surface area contributed by atoms with E-state index in [0.29, 0.717) is 26.2 Å². The Balaban J connectivity index is 2.10. The molecule has 0 aromatic heterocycles. The van der Waals surface area contributed by atoms with Crippen LogP contribution in [0.15, 0.2) is 22.7 Å². The van der Waals surface area contributed by atoms with Gasteiger partial charge in [-0.2, -0.15) is 4.31 Å². The van der Waals surface area contributed by atoms with Crippen molar-refractivity contribution in [3.63, 3.8) is 0 Å². The zero-order valence-electron chi connectivity index (χ0n) is 10.7. The summed E-state index contributed by atoms with van der Waals surface area (Å²) < 4.78 is 25.3. The number of benzene rings is 1. The van der Waals surface area contributed by atoms with Crippen molar-refractivity contribution in [2.75, 3.05) is 37.3 Å². The smallest absolute Gasteiger partial charge is 0.211 e. The van der Waals surface area contributed by atoms with Crippen LogP contribution < -0.4 is 4.90 Å². The van der Waals surface area contributed by atoms with Crippen molar-refractivity contribution >= 4 is 31.6 Å². The largest absolute Gasteiger partial charge is 0.392 e. The van der Waals surface area contributed by atoms with E-state index in [4.69, 9.17) is 5.11 Å². The summed E-state index contributed by atoms with van der Waals surface area (Å²) in [6.45, 7) is 2.37. The van der Waals surface area contributed by atoms with Crippen LogP contribution in [0.4, 0.5) is 5.69 Å². The lowest BCUT2D eigenvalue weighted by Gasteiger charge is -2.35. The molecular formula is C12H17BrN2O3S. The summed E-state index contributed by atoms with van der Waals surface area (Å²) in [6.07, 6.45) is 1.24. The van der Waals surface area contributed by atoms with E-state index < -0.39 is 10.0 Å². The molecule has 106 valence electrons. The van der Waals surface area contributed by atoms with E-state index in [9.17, 15) is 8.42 Å². The number of rotatable bonds is 3. The van der Waals surface area contributed by atoms with Gasteiger partial charge in [-0.3, -0.25) is 0 Å². The highest BCUT2D eigenvalue weighted by atomic mass is 79.9. The number of hydrogen-bond acceptors (Lipinski definition) is 4. The molecule has 19 heavy (non-hydrogen) atoms. The average Bonchev–Trinajstić information content (AvgIpc) is 2.37. The molecule has 0 amide bonds. The highest BCUT2D eigenvalue weighted by Gasteiger charge is 2.24. The maximum atomic E-state index is 11.5. The Morgan fingerprint density at radius 1 is 1.26 bits per heavy atom. The number of sulfonamides is 1. The van der Waals surface area contributed by atoms with Crippen molar-refractivity contribution in [1.29, 1.82) is 0 Å². The van der Waals surface area contributed by atoms with E-state index in [-0.39, 0.29) is 6.61 Å². The minimum absolute atomic E-state index is 0.0146. The van der Waals surface area contributed by atoms with E-state index in [1.165, 1.54) is 10.6 Å². The maximum Gasteiger partial charge on any atom is 0.211 e. The van der Waals surface area contributed by atoms with Gasteiger partial charge >= 0.3 is 0 Å². The van der Waals surface area contributed by atoms with Crippen molar-refractivity contribution in [2.45, 2.75) is 6.61 Å². The molecule has 1 aromatic carbocycles. The normalized spacial score (nSPS) is 17.7. The monoisotopic (exact) mass is 348 g/mol. The molecule has 0 unspecified atom stereocenters. The molecule has 1 aliphatic heterocycles. The van der Waals surface area contributed by atoms with Gasteiger partial charge in [0.1, 0.15) is 0 Å². The average molecular weight is 349 g/mol. The summed E-state index contributed by atoms with van der Waals surface area (Å²) in [7, 11) is -3.09. The van der Waals surface area contributed by atoms with Gasteiger partial charge in [-0.25, -0.2) is 8.42 Å². The van der Waals surface area contributed by atoms with E-state index in [2.05, 4.69) is 20.8 Å². The minimum Gasteiger partial charge on any atom is -0.392 e. The Bertz CT molecular complexity index is 554. The molecule has 0 aliphatic carbocycles. The molecular weight excluding hydrogens is 332 g/mol. The van der Waals surface area contributed by atoms with Crippen LogP contribution in [0.1, 0.15) is 5.56 Å². The molecule has 0 atom stereocenters. The zero-order chi connectivity index (χ0) is 14.0. The maximum absolute atomic E-state index is 11.5. The number of aliphatic hydroxyl groups is 1. The van der Waals surface area contributed by atoms with E-state index in [0.717, 1.165) is 15.7 Å². The number of halogens is 1. The highest BCUT2D eigenvalue weighted by Crippen LogP contribution is 2.28. The van der Waals surface area contributed by atoms with Crippen molar-refractivity contribution in [2.24, 2.45) is 0 Å². The standard InChI is InChI=1S/C12H17BrN2O3S/c1-19(17,18)15-6-4-14(5-7-15)12-3-2-10(9-16)8-11(12)13/h2-3,8,16H,4-7,9H2,1H3. The van der Waals surface area contributed by atoms with Gasteiger partial charge in [0.25, 0.3) is 0 Å². The Morgan fingerprint density at radius 2 is 1.89 bits per heavy atom. The molecule has 1 heterocycles. The number of piperazine rings is 1. The van der Waals surface area contributed by atoms with Gasteiger partial charge in [-0.05, 0) is 33.6 Å². The van der Waals surface area contributed by atoms with Gasteiger partial charge in [0.05, 0.1) is 18.6 Å². The van der Waals surface area contributed by atoms with Crippen LogP contribution in [0.2, 0.25) is 0 Å². The summed E-state index contributed by atoms with van der Waals surface area (Å²) in [6, 6.07) is 5.72. The van der Waals surface area contributed by atoms with E-state index in [1.54, 1.807) is 0 Å². The summed E-state index contributed by atoms with van der Waals surface area (Å²) in [5.74, 6) is 0. The van der Waals surface area contributed by atoms with Crippen LogP contribution >= 0.6 is 15.9 Å². The Hall–Kier alpha value is -0.630. The number of hydrogen-bond donors (Lipinski definition) is 1. The summed E-state index contributed by atoms with van der Waals surface area (Å²) in [5.41, 5.74) is 1.88. The highest BCUT2D eigenvalue weighted by molar-refractivity contribution is 9.10. The minimum atomic E-state index is -3.09. The third kappa shape index (κ3) is 3.47. The predicted octanol–water partition coefficient (Wildman–Crippen LogP) is 1.02. The van der Waals surface area contributed by atoms with Crippen molar-refractivity contribution < 1.29 is 13.5 Å². The fourth-order valence-electron chi connectivity index (χ4n) is 2.17. The third-order valence-corrected chi connectivity index (χ3v) is 5.18. The summed E-state index contributed by atoms with van der Waals surface area (Å²) in [4.78, 5) is 2.15. The van der Waals surface area contributed by atoms with Crippen molar-refractivity contribution in [3.05, 3.63) is 28.2 Å². The molecule has 1 saturated heterocycles. The fraction of sp³-hybridized carbons (Fsp3) is 0.500. The number of anilines is 1. The summed E-state index contributed by atoms with van der Waals surface area (Å²) in [5, 5.41) is 9.08. The second-order valence-corrected chi connectivity index (χ2v) is 7.43. The SMILES string of the molecule is CS(=O)(=O)N1CCN(c2ccc(CO)cc2Br)CC1. The van der Waals surface area contributed by atoms with Crippen LogP contribution in [-0.2, 0) is 16.6 Å². The lowest BCUT2D eigenvalue weighted by atomic mass is 10.2. The van der Waals surface area contributed by atoms with Gasteiger partial charge in [-0.15, -0.1) is 0 Å². The second kappa shape index (κ2) is 5.78. The molecule has 2 rings (SSSR count). The Kier molecular flexibility index (Phi) is 4.50. The van der Waals surface area contributed by atoms with Crippen molar-refractivity contribution in [3.8, 4) is 0 Å². The third-order valence-electron chi connectivity index (χ3n) is 3.24. The first kappa shape index (κ1) is 14.8. The molecule has 5 nitrogen and oxygen atoms in total. The van der Waals surface area contributed by atoms with Crippen molar-refractivity contribution in [1.82, 2.24) is 4.31 Å². The lowest BCUT2D eigenvalue weighted by Crippen LogP contribution is -2.48. The quantitative estimate of drug-likeness (QED) is 0.885. The second-order valence-electron chi connectivity index (χ2n) is 4.59. The topological polar surface area (TPSA) is 60.9 Å². The van der Waals surface area contributed by atoms with Gasteiger partial charge < -0.3 is 10.0 Å². The van der Waals surface area contributed by atoms with Gasteiger partial charge in [0, 0.05) is 30.7 Å². The number of aliphatic hydroxyl groups excluding tert-OH is 1. The molecule has 0 bridgehead atoms.